The third kappa shape index (κ3) is 3.69. The first-order valence-electron chi connectivity index (χ1n) is 9.96. The molecule has 1 amide bonds. The van der Waals surface area contributed by atoms with E-state index in [0.29, 0.717) is 17.1 Å². The number of fused-ring (bicyclic) bond motifs is 1. The SMILES string of the molecule is CN1CCN(c2cccc(C(=O)Nc3cc(-c4ccc5c(c4)OCO5)n[nH]3)c2)CC1. The number of likely N-dealkylation sites (N-methyl/N-ethyl adjacent to an activating group) is 1. The molecule has 2 aromatic carbocycles. The molecule has 154 valence electrons. The van der Waals surface area contributed by atoms with E-state index in [9.17, 15) is 4.79 Å². The van der Waals surface area contributed by atoms with Gasteiger partial charge in [-0.05, 0) is 43.4 Å². The second kappa shape index (κ2) is 7.72. The van der Waals surface area contributed by atoms with Crippen LogP contribution < -0.4 is 19.7 Å². The van der Waals surface area contributed by atoms with Gasteiger partial charge >= 0.3 is 0 Å². The standard InChI is InChI=1S/C22H23N5O3/c1-26-7-9-27(10-8-26)17-4-2-3-16(11-17)22(28)23-21-13-18(24-25-21)15-5-6-19-20(12-15)30-14-29-19/h2-6,11-13H,7-10,14H2,1H3,(H2,23,24,25,28). The lowest BCUT2D eigenvalue weighted by atomic mass is 10.1. The van der Waals surface area contributed by atoms with E-state index in [1.54, 1.807) is 6.07 Å². The van der Waals surface area contributed by atoms with Crippen LogP contribution in [-0.2, 0) is 0 Å². The molecule has 2 aliphatic heterocycles. The van der Waals surface area contributed by atoms with Crippen molar-refractivity contribution in [3.8, 4) is 22.8 Å². The van der Waals surface area contributed by atoms with Crippen molar-refractivity contribution in [3.05, 3.63) is 54.1 Å². The van der Waals surface area contributed by atoms with E-state index in [1.807, 2.05) is 36.4 Å². The summed E-state index contributed by atoms with van der Waals surface area (Å²) in [6.45, 7) is 4.19. The van der Waals surface area contributed by atoms with E-state index in [2.05, 4.69) is 38.4 Å². The summed E-state index contributed by atoms with van der Waals surface area (Å²) >= 11 is 0. The van der Waals surface area contributed by atoms with Crippen LogP contribution in [0.3, 0.4) is 0 Å². The Labute approximate surface area is 174 Å². The number of piperazine rings is 1. The molecule has 30 heavy (non-hydrogen) atoms. The predicted molar refractivity (Wildman–Crippen MR) is 114 cm³/mol. The molecule has 0 saturated carbocycles. The Morgan fingerprint density at radius 2 is 1.87 bits per heavy atom. The predicted octanol–water partition coefficient (Wildman–Crippen LogP) is 2.81. The number of amides is 1. The molecule has 0 radical (unpaired) electrons. The largest absolute Gasteiger partial charge is 0.454 e. The van der Waals surface area contributed by atoms with Crippen LogP contribution in [0.25, 0.3) is 11.3 Å². The van der Waals surface area contributed by atoms with Gasteiger partial charge in [0.2, 0.25) is 6.79 Å². The second-order valence-corrected chi connectivity index (χ2v) is 7.53. The highest BCUT2D eigenvalue weighted by atomic mass is 16.7. The number of nitrogens with zero attached hydrogens (tertiary/aromatic N) is 3. The number of aromatic amines is 1. The number of hydrogen-bond acceptors (Lipinski definition) is 6. The Morgan fingerprint density at radius 3 is 2.73 bits per heavy atom. The van der Waals surface area contributed by atoms with Crippen LogP contribution in [0.2, 0.25) is 0 Å². The Bertz CT molecular complexity index is 1070. The normalized spacial score (nSPS) is 16.0. The minimum Gasteiger partial charge on any atom is -0.454 e. The maximum atomic E-state index is 12.8. The molecule has 8 nitrogen and oxygen atoms in total. The van der Waals surface area contributed by atoms with Gasteiger partial charge in [0.15, 0.2) is 11.5 Å². The van der Waals surface area contributed by atoms with Gasteiger partial charge in [-0.25, -0.2) is 0 Å². The van der Waals surface area contributed by atoms with Crippen LogP contribution >= 0.6 is 0 Å². The van der Waals surface area contributed by atoms with Crippen LogP contribution in [-0.4, -0.2) is 61.0 Å². The maximum absolute atomic E-state index is 12.8. The van der Waals surface area contributed by atoms with Crippen LogP contribution in [0.4, 0.5) is 11.5 Å². The molecule has 0 aliphatic carbocycles. The summed E-state index contributed by atoms with van der Waals surface area (Å²) in [6.07, 6.45) is 0. The molecule has 2 N–H and O–H groups in total. The van der Waals surface area contributed by atoms with Gasteiger partial charge in [-0.1, -0.05) is 6.07 Å². The van der Waals surface area contributed by atoms with Gasteiger partial charge in [0.25, 0.3) is 5.91 Å². The van der Waals surface area contributed by atoms with Crippen LogP contribution in [0, 0.1) is 0 Å². The number of ether oxygens (including phenoxy) is 2. The summed E-state index contributed by atoms with van der Waals surface area (Å²) in [5.74, 6) is 1.79. The van der Waals surface area contributed by atoms with E-state index in [0.717, 1.165) is 48.9 Å². The highest BCUT2D eigenvalue weighted by Crippen LogP contribution is 2.35. The third-order valence-electron chi connectivity index (χ3n) is 5.47. The van der Waals surface area contributed by atoms with Crippen LogP contribution in [0.15, 0.2) is 48.5 Å². The monoisotopic (exact) mass is 405 g/mol. The number of benzene rings is 2. The highest BCUT2D eigenvalue weighted by molar-refractivity contribution is 6.04. The Hall–Kier alpha value is -3.52. The number of hydrogen-bond donors (Lipinski definition) is 2. The third-order valence-corrected chi connectivity index (χ3v) is 5.47. The molecule has 3 heterocycles. The number of nitrogens with one attached hydrogen (secondary N) is 2. The summed E-state index contributed by atoms with van der Waals surface area (Å²) in [5, 5.41) is 10.1. The first-order chi connectivity index (χ1) is 14.7. The number of H-pyrrole nitrogens is 1. The smallest absolute Gasteiger partial charge is 0.256 e. The van der Waals surface area contributed by atoms with Crippen molar-refractivity contribution in [2.75, 3.05) is 50.2 Å². The molecule has 0 unspecified atom stereocenters. The Kier molecular flexibility index (Phi) is 4.76. The molecule has 0 atom stereocenters. The van der Waals surface area contributed by atoms with Crippen molar-refractivity contribution in [3.63, 3.8) is 0 Å². The lowest BCUT2D eigenvalue weighted by Gasteiger charge is -2.34. The highest BCUT2D eigenvalue weighted by Gasteiger charge is 2.17. The second-order valence-electron chi connectivity index (χ2n) is 7.53. The molecule has 5 rings (SSSR count). The minimum absolute atomic E-state index is 0.174. The zero-order chi connectivity index (χ0) is 20.5. The van der Waals surface area contributed by atoms with Crippen LogP contribution in [0.1, 0.15) is 10.4 Å². The lowest BCUT2D eigenvalue weighted by molar-refractivity contribution is 0.102. The lowest BCUT2D eigenvalue weighted by Crippen LogP contribution is -2.44. The quantitative estimate of drug-likeness (QED) is 0.695. The summed E-state index contributed by atoms with van der Waals surface area (Å²) in [6, 6.07) is 15.2. The van der Waals surface area contributed by atoms with Gasteiger partial charge in [0.1, 0.15) is 5.82 Å². The van der Waals surface area contributed by atoms with Crippen molar-refractivity contribution in [1.29, 1.82) is 0 Å². The molecule has 0 spiro atoms. The van der Waals surface area contributed by atoms with Gasteiger partial charge in [0.05, 0.1) is 5.69 Å². The van der Waals surface area contributed by atoms with Gasteiger partial charge in [-0.15, -0.1) is 0 Å². The van der Waals surface area contributed by atoms with E-state index in [1.165, 1.54) is 0 Å². The fraction of sp³-hybridized carbons (Fsp3) is 0.273. The molecular weight excluding hydrogens is 382 g/mol. The van der Waals surface area contributed by atoms with E-state index >= 15 is 0 Å². The average molecular weight is 405 g/mol. The first kappa shape index (κ1) is 18.5. The summed E-state index contributed by atoms with van der Waals surface area (Å²) in [4.78, 5) is 17.4. The molecule has 3 aromatic rings. The Morgan fingerprint density at radius 1 is 1.03 bits per heavy atom. The van der Waals surface area contributed by atoms with Crippen molar-refractivity contribution < 1.29 is 14.3 Å². The number of aromatic nitrogens is 2. The van der Waals surface area contributed by atoms with Crippen molar-refractivity contribution in [2.45, 2.75) is 0 Å². The van der Waals surface area contributed by atoms with E-state index in [-0.39, 0.29) is 12.7 Å². The van der Waals surface area contributed by atoms with E-state index in [4.69, 9.17) is 9.47 Å². The number of carbonyl (C=O) groups is 1. The van der Waals surface area contributed by atoms with Crippen LogP contribution in [0.5, 0.6) is 11.5 Å². The molecule has 8 heteroatoms. The van der Waals surface area contributed by atoms with E-state index < -0.39 is 0 Å². The topological polar surface area (TPSA) is 82.7 Å². The molecule has 1 saturated heterocycles. The molecule has 1 aromatic heterocycles. The first-order valence-corrected chi connectivity index (χ1v) is 9.96. The molecular formula is C22H23N5O3. The summed E-state index contributed by atoms with van der Waals surface area (Å²) in [5.41, 5.74) is 3.29. The van der Waals surface area contributed by atoms with Gasteiger partial charge < -0.3 is 24.6 Å². The molecule has 2 aliphatic rings. The minimum atomic E-state index is -0.174. The van der Waals surface area contributed by atoms with Gasteiger partial charge in [-0.3, -0.25) is 9.89 Å². The fourth-order valence-electron chi connectivity index (χ4n) is 3.69. The summed E-state index contributed by atoms with van der Waals surface area (Å²) in [7, 11) is 2.13. The van der Waals surface area contributed by atoms with Crippen molar-refractivity contribution in [2.24, 2.45) is 0 Å². The maximum Gasteiger partial charge on any atom is 0.256 e. The number of anilines is 2. The molecule has 1 fully saturated rings. The zero-order valence-electron chi connectivity index (χ0n) is 16.7. The van der Waals surface area contributed by atoms with Gasteiger partial charge in [-0.2, -0.15) is 5.10 Å². The van der Waals surface area contributed by atoms with Crippen molar-refractivity contribution in [1.82, 2.24) is 15.1 Å². The molecule has 0 bridgehead atoms. The zero-order valence-corrected chi connectivity index (χ0v) is 16.7. The van der Waals surface area contributed by atoms with Gasteiger partial charge in [0, 0.05) is 49.1 Å². The van der Waals surface area contributed by atoms with Crippen molar-refractivity contribution >= 4 is 17.4 Å². The number of rotatable bonds is 4. The number of carbonyl (C=O) groups excluding carboxylic acids is 1. The summed E-state index contributed by atoms with van der Waals surface area (Å²) < 4.78 is 10.8. The average Bonchev–Trinajstić information content (AvgIpc) is 3.43. The fourth-order valence-corrected chi connectivity index (χ4v) is 3.69. The Balaban J connectivity index is 1.29.